The Morgan fingerprint density at radius 1 is 0.366 bits per heavy atom. The van der Waals surface area contributed by atoms with Crippen molar-refractivity contribution in [2.24, 2.45) is 11.8 Å². The van der Waals surface area contributed by atoms with Crippen molar-refractivity contribution >= 4 is 23.6 Å². The summed E-state index contributed by atoms with van der Waals surface area (Å²) in [4.78, 5) is 62.5. The second kappa shape index (κ2) is 48.2. The summed E-state index contributed by atoms with van der Waals surface area (Å²) >= 11 is 0. The Morgan fingerprint density at radius 2 is 0.634 bits per heavy atom. The molecule has 10 nitrogen and oxygen atoms in total. The molecule has 0 aliphatic heterocycles. The van der Waals surface area contributed by atoms with Crippen LogP contribution in [0.4, 0.5) is 0 Å². The van der Waals surface area contributed by atoms with E-state index in [1.807, 2.05) is 65.7 Å². The van der Waals surface area contributed by atoms with Gasteiger partial charge in [-0.1, -0.05) is 188 Å². The van der Waals surface area contributed by atoms with Gasteiger partial charge in [0.05, 0.1) is 0 Å². The molecule has 0 aromatic rings. The van der Waals surface area contributed by atoms with Gasteiger partial charge in [0.1, 0.15) is 12.1 Å². The lowest BCUT2D eigenvalue weighted by Gasteiger charge is -2.34. The topological polar surface area (TPSA) is 105 Å². The molecule has 0 spiro atoms. The highest BCUT2D eigenvalue weighted by Gasteiger charge is 2.33. The van der Waals surface area contributed by atoms with Crippen LogP contribution in [0.2, 0.25) is 0 Å². The van der Waals surface area contributed by atoms with Crippen molar-refractivity contribution in [3.63, 3.8) is 0 Å². The number of rotatable bonds is 50. The summed E-state index contributed by atoms with van der Waals surface area (Å²) in [5.41, 5.74) is 0. The third kappa shape index (κ3) is 39.4. The molecule has 0 saturated heterocycles. The predicted octanol–water partition coefficient (Wildman–Crippen LogP) is 14.1. The third-order valence-electron chi connectivity index (χ3n) is 13.9. The van der Waals surface area contributed by atoms with Crippen molar-refractivity contribution in [3.05, 3.63) is 24.3 Å². The molecule has 0 aliphatic rings. The zero-order chi connectivity index (χ0) is 52.7. The number of nitrogens with zero attached hydrogens (tertiary/aromatic N) is 4. The van der Waals surface area contributed by atoms with Gasteiger partial charge in [0.25, 0.3) is 0 Å². The van der Waals surface area contributed by atoms with Gasteiger partial charge in [0.15, 0.2) is 0 Å². The van der Waals surface area contributed by atoms with Gasteiger partial charge in [-0.2, -0.15) is 0 Å². The van der Waals surface area contributed by atoms with Crippen molar-refractivity contribution in [1.29, 1.82) is 0 Å². The monoisotopic (exact) mass is 999 g/mol. The van der Waals surface area contributed by atoms with Crippen LogP contribution in [0.3, 0.4) is 0 Å². The molecule has 416 valence electrons. The summed E-state index contributed by atoms with van der Waals surface area (Å²) in [5.74, 6) is 0.0972. The highest BCUT2D eigenvalue weighted by molar-refractivity contribution is 5.88. The SMILES string of the molecule is CCCCCCCC/C=C\CCCCCCCC(=O)N(CCN(C)C)C(C(=O)NCCCCCCCNC(=O)C(C(C)C)N(CCN(C)C)C(=O)CCCCCCC/C=C\CCCCCCCC)C(C)C. The Bertz CT molecular complexity index is 1230. The van der Waals surface area contributed by atoms with E-state index in [0.717, 1.165) is 96.6 Å². The van der Waals surface area contributed by atoms with Gasteiger partial charge in [-0.3, -0.25) is 19.2 Å². The molecule has 0 aromatic carbocycles. The van der Waals surface area contributed by atoms with Gasteiger partial charge < -0.3 is 30.2 Å². The summed E-state index contributed by atoms with van der Waals surface area (Å²) in [6.07, 6.45) is 47.0. The second-order valence-corrected chi connectivity index (χ2v) is 22.2. The smallest absolute Gasteiger partial charge is 0.243 e. The Morgan fingerprint density at radius 3 is 0.915 bits per heavy atom. The zero-order valence-corrected chi connectivity index (χ0v) is 48.6. The lowest BCUT2D eigenvalue weighted by Crippen LogP contribution is -2.54. The number of unbranched alkanes of at least 4 members (excludes halogenated alkanes) is 26. The van der Waals surface area contributed by atoms with Gasteiger partial charge in [-0.15, -0.1) is 0 Å². The minimum Gasteiger partial charge on any atom is -0.354 e. The molecule has 4 amide bonds. The highest BCUT2D eigenvalue weighted by Crippen LogP contribution is 2.19. The van der Waals surface area contributed by atoms with Crippen molar-refractivity contribution in [1.82, 2.24) is 30.2 Å². The van der Waals surface area contributed by atoms with E-state index < -0.39 is 12.1 Å². The first-order valence-corrected chi connectivity index (χ1v) is 30.0. The normalized spacial score (nSPS) is 12.8. The average Bonchev–Trinajstić information content (AvgIpc) is 3.32. The maximum absolute atomic E-state index is 13.7. The molecule has 0 radical (unpaired) electrons. The van der Waals surface area contributed by atoms with Crippen LogP contribution in [0.1, 0.15) is 253 Å². The van der Waals surface area contributed by atoms with E-state index in [4.69, 9.17) is 0 Å². The van der Waals surface area contributed by atoms with Crippen molar-refractivity contribution in [2.75, 3.05) is 67.5 Å². The van der Waals surface area contributed by atoms with E-state index in [-0.39, 0.29) is 35.5 Å². The number of allylic oxidation sites excluding steroid dienone is 4. The largest absolute Gasteiger partial charge is 0.354 e. The van der Waals surface area contributed by atoms with E-state index in [0.29, 0.717) is 39.0 Å². The van der Waals surface area contributed by atoms with Crippen LogP contribution in [-0.2, 0) is 19.2 Å². The molecule has 0 aliphatic carbocycles. The van der Waals surface area contributed by atoms with E-state index in [1.54, 1.807) is 0 Å². The average molecular weight is 1000 g/mol. The van der Waals surface area contributed by atoms with Crippen LogP contribution in [0.15, 0.2) is 24.3 Å². The third-order valence-corrected chi connectivity index (χ3v) is 13.9. The second-order valence-electron chi connectivity index (χ2n) is 22.2. The van der Waals surface area contributed by atoms with Crippen LogP contribution in [-0.4, -0.2) is 123 Å². The molecular formula is C61H118N6O4. The molecule has 0 saturated carbocycles. The maximum Gasteiger partial charge on any atom is 0.243 e. The first-order chi connectivity index (χ1) is 34.3. The number of carbonyl (C=O) groups excluding carboxylic acids is 4. The van der Waals surface area contributed by atoms with Crippen LogP contribution >= 0.6 is 0 Å². The number of amides is 4. The van der Waals surface area contributed by atoms with Gasteiger partial charge in [0.2, 0.25) is 23.6 Å². The first kappa shape index (κ1) is 68.3. The molecule has 0 fully saturated rings. The van der Waals surface area contributed by atoms with Gasteiger partial charge in [-0.05, 0) is 117 Å². The summed E-state index contributed by atoms with van der Waals surface area (Å²) in [5, 5.41) is 6.36. The standard InChI is InChI=1S/C61H118N6O4/c1-11-13-15-17-19-21-23-25-27-29-31-33-35-38-42-46-56(68)66(52-50-64(7)8)58(54(3)4)60(70)62-48-44-40-37-41-45-49-63-61(71)59(55(5)6)67(53-51-65(9)10)57(69)47-43-39-36-34-32-30-28-26-24-22-20-18-16-14-12-2/h25-28,54-55,58-59H,11-24,29-53H2,1-10H3,(H,62,70)(H,63,71)/b27-25-,28-26-. The molecule has 2 unspecified atom stereocenters. The van der Waals surface area contributed by atoms with Crippen LogP contribution in [0.25, 0.3) is 0 Å². The Labute approximate surface area is 440 Å². The van der Waals surface area contributed by atoms with E-state index in [9.17, 15) is 19.2 Å². The highest BCUT2D eigenvalue weighted by atomic mass is 16.2. The van der Waals surface area contributed by atoms with E-state index in [2.05, 4.69) is 58.6 Å². The predicted molar refractivity (Wildman–Crippen MR) is 306 cm³/mol. The maximum atomic E-state index is 13.7. The molecule has 10 heteroatoms. The summed E-state index contributed by atoms with van der Waals surface area (Å²) in [6.45, 7) is 16.4. The van der Waals surface area contributed by atoms with Crippen molar-refractivity contribution in [2.45, 2.75) is 266 Å². The molecule has 0 rings (SSSR count). The fourth-order valence-electron chi connectivity index (χ4n) is 9.46. The Kier molecular flexibility index (Phi) is 46.4. The number of hydrogen-bond acceptors (Lipinski definition) is 6. The molecule has 0 heterocycles. The van der Waals surface area contributed by atoms with Crippen LogP contribution < -0.4 is 10.6 Å². The van der Waals surface area contributed by atoms with Gasteiger partial charge in [0, 0.05) is 52.1 Å². The van der Waals surface area contributed by atoms with Gasteiger partial charge in [-0.25, -0.2) is 0 Å². The fourth-order valence-corrected chi connectivity index (χ4v) is 9.46. The summed E-state index contributed by atoms with van der Waals surface area (Å²) in [6, 6.07) is -0.963. The van der Waals surface area contributed by atoms with Crippen molar-refractivity contribution in [3.8, 4) is 0 Å². The number of likely N-dealkylation sites (N-methyl/N-ethyl adjacent to an activating group) is 2. The summed E-state index contributed by atoms with van der Waals surface area (Å²) < 4.78 is 0. The lowest BCUT2D eigenvalue weighted by molar-refractivity contribution is -0.142. The van der Waals surface area contributed by atoms with Crippen LogP contribution in [0.5, 0.6) is 0 Å². The summed E-state index contributed by atoms with van der Waals surface area (Å²) in [7, 11) is 8.05. The van der Waals surface area contributed by atoms with E-state index >= 15 is 0 Å². The molecule has 71 heavy (non-hydrogen) atoms. The number of hydrogen-bond donors (Lipinski definition) is 2. The van der Waals surface area contributed by atoms with E-state index in [1.165, 1.54) is 116 Å². The molecular weight excluding hydrogens is 881 g/mol. The molecule has 2 N–H and O–H groups in total. The zero-order valence-electron chi connectivity index (χ0n) is 48.6. The Balaban J connectivity index is 4.71. The van der Waals surface area contributed by atoms with Gasteiger partial charge >= 0.3 is 0 Å². The fraction of sp³-hybridized carbons (Fsp3) is 0.869. The lowest BCUT2D eigenvalue weighted by atomic mass is 10.00. The van der Waals surface area contributed by atoms with Crippen LogP contribution in [0, 0.1) is 11.8 Å². The first-order valence-electron chi connectivity index (χ1n) is 30.0. The van der Waals surface area contributed by atoms with Crippen molar-refractivity contribution < 1.29 is 19.2 Å². The number of nitrogens with one attached hydrogen (secondary N) is 2. The molecule has 0 bridgehead atoms. The minimum absolute atomic E-state index is 0.0101. The molecule has 2 atom stereocenters. The Hall–Kier alpha value is -2.72. The minimum atomic E-state index is -0.482. The molecule has 0 aromatic heterocycles. The number of carbonyl (C=O) groups is 4. The quantitative estimate of drug-likeness (QED) is 0.0465.